The zero-order valence-corrected chi connectivity index (χ0v) is 12.7. The van der Waals surface area contributed by atoms with Crippen molar-refractivity contribution in [1.29, 1.82) is 0 Å². The molecule has 2 saturated carbocycles. The van der Waals surface area contributed by atoms with Gasteiger partial charge in [0.25, 0.3) is 0 Å². The van der Waals surface area contributed by atoms with Gasteiger partial charge < -0.3 is 10.1 Å². The Morgan fingerprint density at radius 2 is 1.95 bits per heavy atom. The Morgan fingerprint density at radius 3 is 2.63 bits per heavy atom. The Bertz CT molecular complexity index is 470. The molecule has 2 fully saturated rings. The normalized spacial score (nSPS) is 25.5. The van der Waals surface area contributed by atoms with Gasteiger partial charge in [0.05, 0.1) is 0 Å². The summed E-state index contributed by atoms with van der Waals surface area (Å²) in [4.78, 5) is 0. The fourth-order valence-electron chi connectivity index (χ4n) is 3.30. The molecule has 3 heteroatoms. The lowest BCUT2D eigenvalue weighted by molar-refractivity contribution is 0.215. The molecular formula is C16H20BrNO. The van der Waals surface area contributed by atoms with Crippen LogP contribution in [0.25, 0.3) is 0 Å². The lowest BCUT2D eigenvalue weighted by Gasteiger charge is -2.20. The van der Waals surface area contributed by atoms with Gasteiger partial charge in [0.1, 0.15) is 11.9 Å². The monoisotopic (exact) mass is 321 g/mol. The Labute approximate surface area is 123 Å². The Balaban J connectivity index is 1.35. The van der Waals surface area contributed by atoms with Crippen LogP contribution in [-0.2, 0) is 6.42 Å². The molecule has 19 heavy (non-hydrogen) atoms. The third kappa shape index (κ3) is 2.68. The molecule has 1 atom stereocenters. The van der Waals surface area contributed by atoms with Crippen LogP contribution in [0.5, 0.6) is 5.75 Å². The minimum Gasteiger partial charge on any atom is -0.488 e. The minimum absolute atomic E-state index is 0.323. The van der Waals surface area contributed by atoms with Crippen molar-refractivity contribution in [3.05, 3.63) is 28.2 Å². The highest BCUT2D eigenvalue weighted by Crippen LogP contribution is 2.44. The molecule has 1 aliphatic heterocycles. The van der Waals surface area contributed by atoms with Gasteiger partial charge in [0.2, 0.25) is 0 Å². The van der Waals surface area contributed by atoms with Gasteiger partial charge in [-0.3, -0.25) is 0 Å². The molecule has 1 unspecified atom stereocenters. The molecule has 1 heterocycles. The van der Waals surface area contributed by atoms with Crippen molar-refractivity contribution in [2.24, 2.45) is 11.8 Å². The van der Waals surface area contributed by atoms with Crippen LogP contribution < -0.4 is 10.1 Å². The molecule has 0 spiro atoms. The van der Waals surface area contributed by atoms with E-state index in [-0.39, 0.29) is 0 Å². The third-order valence-electron chi connectivity index (χ3n) is 4.60. The molecule has 0 bridgehead atoms. The lowest BCUT2D eigenvalue weighted by atomic mass is 10.1. The smallest absolute Gasteiger partial charge is 0.123 e. The van der Waals surface area contributed by atoms with Crippen LogP contribution in [0.1, 0.15) is 31.2 Å². The van der Waals surface area contributed by atoms with E-state index in [1.54, 1.807) is 0 Å². The van der Waals surface area contributed by atoms with Gasteiger partial charge in [-0.05, 0) is 61.3 Å². The number of hydrogen-bond acceptors (Lipinski definition) is 2. The summed E-state index contributed by atoms with van der Waals surface area (Å²) in [5, 5.41) is 3.80. The Kier molecular flexibility index (Phi) is 3.07. The summed E-state index contributed by atoms with van der Waals surface area (Å²) in [5.41, 5.74) is 1.34. The van der Waals surface area contributed by atoms with Crippen LogP contribution in [0.2, 0.25) is 0 Å². The van der Waals surface area contributed by atoms with Gasteiger partial charge in [-0.2, -0.15) is 0 Å². The highest BCUT2D eigenvalue weighted by Gasteiger charge is 2.41. The van der Waals surface area contributed by atoms with Crippen molar-refractivity contribution in [3.63, 3.8) is 0 Å². The van der Waals surface area contributed by atoms with E-state index in [1.807, 2.05) is 0 Å². The number of halogens is 1. The molecule has 0 amide bonds. The van der Waals surface area contributed by atoms with Gasteiger partial charge >= 0.3 is 0 Å². The van der Waals surface area contributed by atoms with Gasteiger partial charge in [-0.15, -0.1) is 0 Å². The Hall–Kier alpha value is -0.540. The summed E-state index contributed by atoms with van der Waals surface area (Å²) >= 11 is 3.53. The zero-order valence-electron chi connectivity index (χ0n) is 11.1. The van der Waals surface area contributed by atoms with Crippen molar-refractivity contribution >= 4 is 15.9 Å². The van der Waals surface area contributed by atoms with Gasteiger partial charge in [-0.1, -0.05) is 15.9 Å². The maximum Gasteiger partial charge on any atom is 0.123 e. The summed E-state index contributed by atoms with van der Waals surface area (Å²) < 4.78 is 7.18. The van der Waals surface area contributed by atoms with E-state index in [2.05, 4.69) is 39.4 Å². The predicted octanol–water partition coefficient (Wildman–Crippen LogP) is 3.53. The number of fused-ring (bicyclic) bond motifs is 1. The van der Waals surface area contributed by atoms with Gasteiger partial charge in [0.15, 0.2) is 0 Å². The Morgan fingerprint density at radius 1 is 1.21 bits per heavy atom. The molecule has 0 saturated heterocycles. The van der Waals surface area contributed by atoms with Crippen LogP contribution in [0, 0.1) is 11.8 Å². The summed E-state index contributed by atoms with van der Waals surface area (Å²) in [6, 6.07) is 7.11. The predicted molar refractivity (Wildman–Crippen MR) is 79.5 cm³/mol. The first-order chi connectivity index (χ1) is 9.29. The SMILES string of the molecule is Brc1ccc2c(c1)CC(CNC(C1CC1)C1CC1)O2. The van der Waals surface area contributed by atoms with E-state index in [1.165, 1.54) is 31.2 Å². The van der Waals surface area contributed by atoms with E-state index in [0.717, 1.165) is 41.1 Å². The van der Waals surface area contributed by atoms with Crippen LogP contribution in [0.3, 0.4) is 0 Å². The largest absolute Gasteiger partial charge is 0.488 e. The second kappa shape index (κ2) is 4.78. The second-order valence-corrected chi connectivity index (χ2v) is 7.22. The maximum atomic E-state index is 6.03. The summed E-state index contributed by atoms with van der Waals surface area (Å²) in [6.07, 6.45) is 7.12. The number of nitrogens with one attached hydrogen (secondary N) is 1. The topological polar surface area (TPSA) is 21.3 Å². The first-order valence-corrected chi connectivity index (χ1v) is 8.27. The minimum atomic E-state index is 0.323. The number of hydrogen-bond donors (Lipinski definition) is 1. The molecule has 4 rings (SSSR count). The van der Waals surface area contributed by atoms with E-state index < -0.39 is 0 Å². The second-order valence-electron chi connectivity index (χ2n) is 6.30. The number of benzene rings is 1. The summed E-state index contributed by atoms with van der Waals surface area (Å²) in [6.45, 7) is 1.00. The zero-order chi connectivity index (χ0) is 12.8. The van der Waals surface area contributed by atoms with E-state index in [0.29, 0.717) is 6.10 Å². The molecule has 1 N–H and O–H groups in total. The average molecular weight is 322 g/mol. The van der Waals surface area contributed by atoms with Crippen molar-refractivity contribution in [2.45, 2.75) is 44.2 Å². The van der Waals surface area contributed by atoms with Crippen LogP contribution in [0.4, 0.5) is 0 Å². The maximum absolute atomic E-state index is 6.03. The first-order valence-electron chi connectivity index (χ1n) is 7.48. The molecule has 2 aliphatic carbocycles. The van der Waals surface area contributed by atoms with Crippen LogP contribution in [0.15, 0.2) is 22.7 Å². The van der Waals surface area contributed by atoms with Gasteiger partial charge in [0, 0.05) is 23.5 Å². The highest BCUT2D eigenvalue weighted by molar-refractivity contribution is 9.10. The molecule has 0 aromatic heterocycles. The quantitative estimate of drug-likeness (QED) is 0.895. The molecule has 3 aliphatic rings. The standard InChI is InChI=1S/C16H20BrNO/c17-13-5-6-15-12(7-13)8-14(19-15)9-18-16(10-1-2-10)11-3-4-11/h5-7,10-11,14,16,18H,1-4,8-9H2. The van der Waals surface area contributed by atoms with Crippen LogP contribution >= 0.6 is 15.9 Å². The average Bonchev–Trinajstić information content (AvgIpc) is 3.28. The van der Waals surface area contributed by atoms with Crippen molar-refractivity contribution < 1.29 is 4.74 Å². The third-order valence-corrected chi connectivity index (χ3v) is 5.10. The summed E-state index contributed by atoms with van der Waals surface area (Å²) in [5.74, 6) is 3.00. The van der Waals surface area contributed by atoms with Crippen molar-refractivity contribution in [1.82, 2.24) is 5.32 Å². The van der Waals surface area contributed by atoms with Crippen molar-refractivity contribution in [2.75, 3.05) is 6.54 Å². The molecule has 2 nitrogen and oxygen atoms in total. The van der Waals surface area contributed by atoms with Gasteiger partial charge in [-0.25, -0.2) is 0 Å². The van der Waals surface area contributed by atoms with Crippen molar-refractivity contribution in [3.8, 4) is 5.75 Å². The number of rotatable bonds is 5. The summed E-state index contributed by atoms with van der Waals surface area (Å²) in [7, 11) is 0. The lowest BCUT2D eigenvalue weighted by Crippen LogP contribution is -2.40. The molecule has 1 aromatic carbocycles. The fourth-order valence-corrected chi connectivity index (χ4v) is 3.71. The first kappa shape index (κ1) is 12.2. The molecule has 1 aromatic rings. The van der Waals surface area contributed by atoms with E-state index in [4.69, 9.17) is 4.74 Å². The van der Waals surface area contributed by atoms with E-state index in [9.17, 15) is 0 Å². The fraction of sp³-hybridized carbons (Fsp3) is 0.625. The van der Waals surface area contributed by atoms with E-state index >= 15 is 0 Å². The molecular weight excluding hydrogens is 302 g/mol. The molecule has 102 valence electrons. The molecule has 0 radical (unpaired) electrons. The number of ether oxygens (including phenoxy) is 1. The van der Waals surface area contributed by atoms with Crippen LogP contribution in [-0.4, -0.2) is 18.7 Å². The highest BCUT2D eigenvalue weighted by atomic mass is 79.9.